The quantitative estimate of drug-likeness (QED) is 0.681. The van der Waals surface area contributed by atoms with Crippen LogP contribution in [0.15, 0.2) is 23.6 Å². The third-order valence-corrected chi connectivity index (χ3v) is 6.32. The van der Waals surface area contributed by atoms with Gasteiger partial charge in [0.15, 0.2) is 0 Å². The van der Waals surface area contributed by atoms with E-state index in [4.69, 9.17) is 0 Å². The standard InChI is InChI=1S/C11H18O2S.W/c1-6-14(12,13)10(2)8-7-9-11(3,4)5;/h7-8H,2,6H2,1,3-5H3;/b8-7-;. The van der Waals surface area contributed by atoms with Crippen LogP contribution in [0.2, 0.25) is 0 Å². The first-order valence-corrected chi connectivity index (χ1v) is 7.87. The zero-order valence-electron chi connectivity index (χ0n) is 9.70. The Labute approximate surface area is 104 Å². The second-order valence-electron chi connectivity index (χ2n) is 4.32. The Morgan fingerprint density at radius 1 is 1.33 bits per heavy atom. The van der Waals surface area contributed by atoms with Gasteiger partial charge in [-0.05, 0) is 0 Å². The molecule has 86 valence electrons. The molecule has 4 heteroatoms. The summed E-state index contributed by atoms with van der Waals surface area (Å²) in [5, 5.41) is 0. The first kappa shape index (κ1) is 15.0. The number of sulfone groups is 1. The van der Waals surface area contributed by atoms with Gasteiger partial charge in [-0.2, -0.15) is 0 Å². The molecular formula is C11H18O2SW. The Kier molecular flexibility index (Phi) is 5.35. The first-order valence-electron chi connectivity index (χ1n) is 4.75. The summed E-state index contributed by atoms with van der Waals surface area (Å²) in [6.45, 7) is 11.5. The van der Waals surface area contributed by atoms with Crippen LogP contribution in [0, 0.1) is 5.41 Å². The average molecular weight is 398 g/mol. The molecule has 0 aliphatic heterocycles. The van der Waals surface area contributed by atoms with Crippen LogP contribution < -0.4 is 0 Å². The van der Waals surface area contributed by atoms with Crippen LogP contribution in [-0.2, 0) is 29.2 Å². The molecule has 0 aliphatic rings. The van der Waals surface area contributed by atoms with Gasteiger partial charge in [0.1, 0.15) is 0 Å². The summed E-state index contributed by atoms with van der Waals surface area (Å²) in [6.07, 6.45) is 3.47. The van der Waals surface area contributed by atoms with Crippen molar-refractivity contribution in [3.63, 3.8) is 0 Å². The molecule has 0 radical (unpaired) electrons. The second-order valence-corrected chi connectivity index (χ2v) is 8.23. The van der Waals surface area contributed by atoms with Crippen LogP contribution in [0.5, 0.6) is 0 Å². The zero-order chi connectivity index (χ0) is 12.3. The fourth-order valence-electron chi connectivity index (χ4n) is 0.708. The van der Waals surface area contributed by atoms with E-state index in [0.717, 1.165) is 0 Å². The summed E-state index contributed by atoms with van der Waals surface area (Å²) in [5.74, 6) is 0.109. The summed E-state index contributed by atoms with van der Waals surface area (Å²) in [5.41, 5.74) is 0.0993. The predicted octanol–water partition coefficient (Wildman–Crippen LogP) is 2.26. The van der Waals surface area contributed by atoms with Crippen molar-refractivity contribution in [1.82, 2.24) is 0 Å². The van der Waals surface area contributed by atoms with Gasteiger partial charge in [-0.3, -0.25) is 0 Å². The molecule has 0 aromatic rings. The molecule has 0 N–H and O–H groups in total. The van der Waals surface area contributed by atoms with Crippen molar-refractivity contribution in [2.24, 2.45) is 5.41 Å². The van der Waals surface area contributed by atoms with Gasteiger partial charge in [-0.15, -0.1) is 0 Å². The maximum absolute atomic E-state index is 11.4. The van der Waals surface area contributed by atoms with Crippen molar-refractivity contribution in [3.05, 3.63) is 23.6 Å². The van der Waals surface area contributed by atoms with Crippen molar-refractivity contribution in [2.45, 2.75) is 27.7 Å². The Balaban J connectivity index is 4.73. The number of rotatable bonds is 4. The van der Waals surface area contributed by atoms with E-state index < -0.39 is 9.84 Å². The third-order valence-electron chi connectivity index (χ3n) is 1.94. The molecule has 0 unspecified atom stereocenters. The minimum absolute atomic E-state index is 0.0993. The van der Waals surface area contributed by atoms with E-state index in [0.29, 0.717) is 0 Å². The van der Waals surface area contributed by atoms with E-state index in [2.05, 4.69) is 27.4 Å². The van der Waals surface area contributed by atoms with Crippen LogP contribution in [-0.4, -0.2) is 18.1 Å². The Morgan fingerprint density at radius 3 is 2.13 bits per heavy atom. The van der Waals surface area contributed by atoms with Crippen molar-refractivity contribution >= 4 is 13.7 Å². The Bertz CT molecular complexity index is 383. The van der Waals surface area contributed by atoms with Crippen molar-refractivity contribution < 1.29 is 27.8 Å². The molecule has 0 spiro atoms. The van der Waals surface area contributed by atoms with Crippen LogP contribution in [0.4, 0.5) is 0 Å². The maximum atomic E-state index is 11.4. The first-order chi connectivity index (χ1) is 6.61. The van der Waals surface area contributed by atoms with E-state index in [9.17, 15) is 8.42 Å². The molecular weight excluding hydrogens is 380 g/mol. The Morgan fingerprint density at radius 2 is 1.80 bits per heavy atom. The van der Waals surface area contributed by atoms with Crippen molar-refractivity contribution in [1.29, 1.82) is 0 Å². The molecule has 0 aliphatic carbocycles. The van der Waals surface area contributed by atoms with Gasteiger partial charge < -0.3 is 0 Å². The van der Waals surface area contributed by atoms with Gasteiger partial charge in [0.25, 0.3) is 0 Å². The second kappa shape index (κ2) is 5.36. The molecule has 0 fully saturated rings. The number of hydrogen-bond donors (Lipinski definition) is 0. The molecule has 0 aromatic carbocycles. The van der Waals surface area contributed by atoms with Gasteiger partial charge in [0.05, 0.1) is 0 Å². The summed E-state index contributed by atoms with van der Waals surface area (Å²) in [7, 11) is -3.12. The molecule has 0 atom stereocenters. The Hall–Kier alpha value is -0.0117. The third kappa shape index (κ3) is 5.03. The summed E-state index contributed by atoms with van der Waals surface area (Å²) in [6, 6.07) is 0. The van der Waals surface area contributed by atoms with Gasteiger partial charge in [0.2, 0.25) is 0 Å². The van der Waals surface area contributed by atoms with E-state index >= 15 is 0 Å². The molecule has 0 aromatic heterocycles. The topological polar surface area (TPSA) is 34.1 Å². The summed E-state index contributed by atoms with van der Waals surface area (Å²) in [4.78, 5) is 0.202. The normalized spacial score (nSPS) is 13.1. The molecule has 0 bridgehead atoms. The fourth-order valence-corrected chi connectivity index (χ4v) is 1.60. The van der Waals surface area contributed by atoms with E-state index in [1.165, 1.54) is 23.3 Å². The minimum atomic E-state index is -3.12. The van der Waals surface area contributed by atoms with Gasteiger partial charge in [-0.1, -0.05) is 0 Å². The predicted molar refractivity (Wildman–Crippen MR) is 62.2 cm³/mol. The van der Waals surface area contributed by atoms with E-state index in [1.807, 2.05) is 6.08 Å². The van der Waals surface area contributed by atoms with Crippen LogP contribution >= 0.6 is 0 Å². The SMILES string of the molecule is C=C(/C=C\[C](=[W])C(C)(C)C)S(=O)(=O)CC. The van der Waals surface area contributed by atoms with Gasteiger partial charge in [-0.25, -0.2) is 0 Å². The molecule has 0 saturated carbocycles. The molecule has 2 nitrogen and oxygen atoms in total. The average Bonchev–Trinajstić information content (AvgIpc) is 2.11. The monoisotopic (exact) mass is 398 g/mol. The van der Waals surface area contributed by atoms with Crippen molar-refractivity contribution in [3.8, 4) is 0 Å². The number of hydrogen-bond acceptors (Lipinski definition) is 2. The van der Waals surface area contributed by atoms with Crippen LogP contribution in [0.1, 0.15) is 27.7 Å². The summed E-state index contributed by atoms with van der Waals surface area (Å²) >= 11 is 1.36. The van der Waals surface area contributed by atoms with Crippen molar-refractivity contribution in [2.75, 3.05) is 5.75 Å². The van der Waals surface area contributed by atoms with Crippen LogP contribution in [0.3, 0.4) is 0 Å². The van der Waals surface area contributed by atoms with Gasteiger partial charge in [0, 0.05) is 0 Å². The molecule has 0 amide bonds. The zero-order valence-corrected chi connectivity index (χ0v) is 13.5. The molecule has 0 saturated heterocycles. The molecule has 15 heavy (non-hydrogen) atoms. The molecule has 0 heterocycles. The fraction of sp³-hybridized carbons (Fsp3) is 0.545. The number of allylic oxidation sites excluding steroid dienone is 2. The van der Waals surface area contributed by atoms with Crippen LogP contribution in [0.25, 0.3) is 0 Å². The van der Waals surface area contributed by atoms with Gasteiger partial charge >= 0.3 is 104 Å². The van der Waals surface area contributed by atoms with E-state index in [1.54, 1.807) is 13.0 Å². The summed E-state index contributed by atoms with van der Waals surface area (Å²) < 4.78 is 24.0. The molecule has 0 rings (SSSR count). The van der Waals surface area contributed by atoms with E-state index in [-0.39, 0.29) is 16.1 Å².